The molecule has 0 radical (unpaired) electrons. The van der Waals surface area contributed by atoms with Crippen molar-refractivity contribution in [1.82, 2.24) is 15.5 Å². The highest BCUT2D eigenvalue weighted by molar-refractivity contribution is 6.23. The van der Waals surface area contributed by atoms with Crippen molar-refractivity contribution in [3.05, 3.63) is 23.3 Å². The molecule has 2 unspecified atom stereocenters. The highest BCUT2D eigenvalue weighted by atomic mass is 16.4. The second kappa shape index (κ2) is 9.13. The largest absolute Gasteiger partial charge is 0.481 e. The lowest BCUT2D eigenvalue weighted by molar-refractivity contribution is -0.150. The van der Waals surface area contributed by atoms with E-state index in [4.69, 9.17) is 5.11 Å². The van der Waals surface area contributed by atoms with Crippen LogP contribution in [0.4, 0.5) is 0 Å². The third-order valence-corrected chi connectivity index (χ3v) is 5.42. The number of nitrogens with one attached hydrogen (secondary N) is 2. The molecule has 4 amide bonds. The van der Waals surface area contributed by atoms with Gasteiger partial charge in [-0.3, -0.25) is 34.2 Å². The van der Waals surface area contributed by atoms with Crippen molar-refractivity contribution in [2.45, 2.75) is 63.5 Å². The number of carboxylic acids is 1. The first-order valence-electron chi connectivity index (χ1n) is 9.97. The zero-order valence-corrected chi connectivity index (χ0v) is 16.1. The monoisotopic (exact) mass is 403 g/mol. The number of carbonyl (C=O) groups excluding carboxylic acids is 4. The van der Waals surface area contributed by atoms with Gasteiger partial charge in [-0.2, -0.15) is 0 Å². The normalized spacial score (nSPS) is 24.2. The third kappa shape index (κ3) is 4.61. The molecule has 2 atom stereocenters. The summed E-state index contributed by atoms with van der Waals surface area (Å²) in [6.45, 7) is 0.641. The fraction of sp³-hybridized carbons (Fsp3) is 0.550. The van der Waals surface area contributed by atoms with E-state index in [1.807, 2.05) is 6.08 Å². The number of hydrogen-bond acceptors (Lipinski definition) is 6. The van der Waals surface area contributed by atoms with Gasteiger partial charge in [0.25, 0.3) is 11.8 Å². The van der Waals surface area contributed by atoms with Gasteiger partial charge in [0.15, 0.2) is 0 Å². The zero-order valence-electron chi connectivity index (χ0n) is 16.1. The Bertz CT molecular complexity index is 800. The summed E-state index contributed by atoms with van der Waals surface area (Å²) in [6.07, 6.45) is 7.62. The lowest BCUT2D eigenvalue weighted by atomic mass is 9.94. The Morgan fingerprint density at radius 1 is 1.14 bits per heavy atom. The van der Waals surface area contributed by atoms with Gasteiger partial charge >= 0.3 is 5.97 Å². The van der Waals surface area contributed by atoms with Crippen molar-refractivity contribution < 1.29 is 29.1 Å². The number of carboxylic acid groups (broad SMARTS) is 1. The van der Waals surface area contributed by atoms with Gasteiger partial charge in [-0.15, -0.1) is 0 Å². The number of piperidine rings is 1. The average Bonchev–Trinajstić information content (AvgIpc) is 2.92. The standard InChI is InChI=1S/C20H25N3O6/c24-15-10-9-14(18(27)22-15)23-19(28)12-6-5-7-13(17(12)20(23)29)21-11-4-2-1-3-8-16(25)26/h5-6,13-14,21H,1-4,7-11H2,(H,25,26)(H,22,24,27). The molecule has 0 spiro atoms. The molecule has 3 N–H and O–H groups in total. The van der Waals surface area contributed by atoms with E-state index in [9.17, 15) is 24.0 Å². The van der Waals surface area contributed by atoms with Gasteiger partial charge in [-0.1, -0.05) is 25.0 Å². The molecule has 9 nitrogen and oxygen atoms in total. The van der Waals surface area contributed by atoms with Crippen LogP contribution in [0.3, 0.4) is 0 Å². The number of hydrogen-bond donors (Lipinski definition) is 3. The van der Waals surface area contributed by atoms with E-state index in [1.54, 1.807) is 6.08 Å². The van der Waals surface area contributed by atoms with Gasteiger partial charge in [0.1, 0.15) is 6.04 Å². The lowest BCUT2D eigenvalue weighted by Crippen LogP contribution is -2.55. The van der Waals surface area contributed by atoms with Crippen molar-refractivity contribution in [3.63, 3.8) is 0 Å². The van der Waals surface area contributed by atoms with E-state index in [-0.39, 0.29) is 25.3 Å². The molecule has 1 saturated heterocycles. The Balaban J connectivity index is 1.57. The van der Waals surface area contributed by atoms with Crippen molar-refractivity contribution in [2.24, 2.45) is 0 Å². The van der Waals surface area contributed by atoms with Gasteiger partial charge in [0, 0.05) is 24.5 Å². The second-order valence-corrected chi connectivity index (χ2v) is 7.48. The van der Waals surface area contributed by atoms with Crippen LogP contribution in [0.25, 0.3) is 0 Å². The van der Waals surface area contributed by atoms with E-state index < -0.39 is 35.6 Å². The van der Waals surface area contributed by atoms with E-state index in [2.05, 4.69) is 10.6 Å². The molecule has 2 heterocycles. The van der Waals surface area contributed by atoms with Gasteiger partial charge in [-0.25, -0.2) is 0 Å². The van der Waals surface area contributed by atoms with Crippen molar-refractivity contribution in [1.29, 1.82) is 0 Å². The number of aliphatic carboxylic acids is 1. The summed E-state index contributed by atoms with van der Waals surface area (Å²) < 4.78 is 0. The van der Waals surface area contributed by atoms with E-state index in [0.29, 0.717) is 30.5 Å². The Kier molecular flexibility index (Phi) is 6.58. The summed E-state index contributed by atoms with van der Waals surface area (Å²) in [5.74, 6) is -2.76. The Morgan fingerprint density at radius 2 is 1.90 bits per heavy atom. The Morgan fingerprint density at radius 3 is 2.62 bits per heavy atom. The second-order valence-electron chi connectivity index (χ2n) is 7.48. The molecule has 0 aromatic rings. The maximum Gasteiger partial charge on any atom is 0.303 e. The first-order valence-corrected chi connectivity index (χ1v) is 9.97. The minimum Gasteiger partial charge on any atom is -0.481 e. The van der Waals surface area contributed by atoms with Crippen LogP contribution in [0, 0.1) is 0 Å². The Hall–Kier alpha value is -2.81. The lowest BCUT2D eigenvalue weighted by Gasteiger charge is -2.28. The van der Waals surface area contributed by atoms with Gasteiger partial charge in [-0.05, 0) is 32.2 Å². The number of nitrogens with zero attached hydrogens (tertiary/aromatic N) is 1. The van der Waals surface area contributed by atoms with E-state index >= 15 is 0 Å². The molecule has 0 bridgehead atoms. The third-order valence-electron chi connectivity index (χ3n) is 5.42. The van der Waals surface area contributed by atoms with Crippen molar-refractivity contribution in [3.8, 4) is 0 Å². The van der Waals surface area contributed by atoms with Crippen LogP contribution in [-0.2, 0) is 24.0 Å². The number of amides is 4. The summed E-state index contributed by atoms with van der Waals surface area (Å²) in [7, 11) is 0. The summed E-state index contributed by atoms with van der Waals surface area (Å²) in [5, 5.41) is 14.1. The SMILES string of the molecule is O=C(O)CCCCCCNC1CC=CC2=C1C(=O)N(C1CCC(=O)NC1=O)C2=O. The summed E-state index contributed by atoms with van der Waals surface area (Å²) in [6, 6.07) is -1.26. The quantitative estimate of drug-likeness (QED) is 0.375. The number of imide groups is 2. The molecule has 156 valence electrons. The molecule has 3 aliphatic rings. The molecule has 1 aliphatic carbocycles. The van der Waals surface area contributed by atoms with E-state index in [1.165, 1.54) is 0 Å². The molecule has 0 aromatic carbocycles. The smallest absolute Gasteiger partial charge is 0.303 e. The minimum absolute atomic E-state index is 0.0948. The van der Waals surface area contributed by atoms with Crippen LogP contribution in [0.5, 0.6) is 0 Å². The predicted molar refractivity (Wildman–Crippen MR) is 101 cm³/mol. The number of unbranched alkanes of at least 4 members (excludes halogenated alkanes) is 3. The van der Waals surface area contributed by atoms with Crippen LogP contribution >= 0.6 is 0 Å². The molecular formula is C20H25N3O6. The van der Waals surface area contributed by atoms with Gasteiger partial charge < -0.3 is 10.4 Å². The molecule has 0 saturated carbocycles. The fourth-order valence-corrected chi connectivity index (χ4v) is 3.95. The topological polar surface area (TPSA) is 133 Å². The highest BCUT2D eigenvalue weighted by Crippen LogP contribution is 2.32. The van der Waals surface area contributed by atoms with Gasteiger partial charge in [0.2, 0.25) is 11.8 Å². The van der Waals surface area contributed by atoms with Crippen molar-refractivity contribution >= 4 is 29.6 Å². The van der Waals surface area contributed by atoms with Crippen LogP contribution < -0.4 is 10.6 Å². The summed E-state index contributed by atoms with van der Waals surface area (Å²) in [5.41, 5.74) is 0.693. The Labute approximate surface area is 168 Å². The summed E-state index contributed by atoms with van der Waals surface area (Å²) >= 11 is 0. The zero-order chi connectivity index (χ0) is 21.0. The summed E-state index contributed by atoms with van der Waals surface area (Å²) in [4.78, 5) is 60.8. The maximum absolute atomic E-state index is 13.0. The highest BCUT2D eigenvalue weighted by Gasteiger charge is 2.47. The van der Waals surface area contributed by atoms with Crippen LogP contribution in [-0.4, -0.2) is 58.2 Å². The molecular weight excluding hydrogens is 378 g/mol. The molecule has 1 fully saturated rings. The molecule has 2 aliphatic heterocycles. The molecule has 29 heavy (non-hydrogen) atoms. The van der Waals surface area contributed by atoms with Crippen LogP contribution in [0.2, 0.25) is 0 Å². The number of carbonyl (C=O) groups is 5. The van der Waals surface area contributed by atoms with Gasteiger partial charge in [0.05, 0.1) is 5.57 Å². The fourth-order valence-electron chi connectivity index (χ4n) is 3.95. The number of rotatable bonds is 9. The van der Waals surface area contributed by atoms with Crippen LogP contribution in [0.1, 0.15) is 51.4 Å². The first-order chi connectivity index (χ1) is 13.9. The molecule has 9 heteroatoms. The maximum atomic E-state index is 13.0. The minimum atomic E-state index is -0.957. The first kappa shape index (κ1) is 20.9. The molecule has 3 rings (SSSR count). The van der Waals surface area contributed by atoms with Crippen molar-refractivity contribution in [2.75, 3.05) is 6.54 Å². The van der Waals surface area contributed by atoms with Crippen LogP contribution in [0.15, 0.2) is 23.3 Å². The van der Waals surface area contributed by atoms with E-state index in [0.717, 1.165) is 24.2 Å². The average molecular weight is 403 g/mol. The predicted octanol–water partition coefficient (Wildman–Crippen LogP) is 0.410. The molecule has 0 aromatic heterocycles.